The normalized spacial score (nSPS) is 20.4. The summed E-state index contributed by atoms with van der Waals surface area (Å²) in [7, 11) is 0. The Kier molecular flexibility index (Phi) is 5.09. The van der Waals surface area contributed by atoms with E-state index in [1.807, 2.05) is 6.92 Å². The van der Waals surface area contributed by atoms with Crippen molar-refractivity contribution in [1.82, 2.24) is 10.2 Å². The second-order valence-corrected chi connectivity index (χ2v) is 3.91. The molecule has 1 aliphatic rings. The molecular weight excluding hydrogens is 224 g/mol. The van der Waals surface area contributed by atoms with E-state index in [1.54, 1.807) is 6.92 Å². The Morgan fingerprint density at radius 3 is 2.76 bits per heavy atom. The van der Waals surface area contributed by atoms with E-state index in [2.05, 4.69) is 5.32 Å². The Labute approximate surface area is 100 Å². The van der Waals surface area contributed by atoms with Crippen LogP contribution in [-0.2, 0) is 19.1 Å². The van der Waals surface area contributed by atoms with Crippen LogP contribution in [0.3, 0.4) is 0 Å². The van der Waals surface area contributed by atoms with Crippen molar-refractivity contribution in [3.63, 3.8) is 0 Å². The minimum Gasteiger partial charge on any atom is -0.372 e. The first-order chi connectivity index (χ1) is 8.10. The van der Waals surface area contributed by atoms with Crippen molar-refractivity contribution in [1.29, 1.82) is 0 Å². The number of nitrogens with zero attached hydrogens (tertiary/aromatic N) is 1. The highest BCUT2D eigenvalue weighted by Gasteiger charge is 2.35. The van der Waals surface area contributed by atoms with Crippen LogP contribution >= 0.6 is 0 Å². The molecule has 0 aliphatic carbocycles. The summed E-state index contributed by atoms with van der Waals surface area (Å²) in [4.78, 5) is 35.8. The average molecular weight is 242 g/mol. The number of hydrogen-bond donors (Lipinski definition) is 1. The molecule has 0 saturated carbocycles. The van der Waals surface area contributed by atoms with Gasteiger partial charge in [0.05, 0.1) is 0 Å². The van der Waals surface area contributed by atoms with E-state index in [0.29, 0.717) is 13.0 Å². The lowest BCUT2D eigenvalue weighted by molar-refractivity contribution is -0.152. The van der Waals surface area contributed by atoms with Gasteiger partial charge in [0.15, 0.2) is 0 Å². The van der Waals surface area contributed by atoms with Gasteiger partial charge in [0.2, 0.25) is 17.7 Å². The zero-order chi connectivity index (χ0) is 12.8. The Bertz CT molecular complexity index is 317. The highest BCUT2D eigenvalue weighted by Crippen LogP contribution is 2.09. The van der Waals surface area contributed by atoms with Gasteiger partial charge in [-0.3, -0.25) is 19.7 Å². The fraction of sp³-hybridized carbons (Fsp3) is 0.727. The number of rotatable bonds is 5. The molecule has 1 saturated heterocycles. The van der Waals surface area contributed by atoms with E-state index in [1.165, 1.54) is 4.90 Å². The summed E-state index contributed by atoms with van der Waals surface area (Å²) < 4.78 is 5.13. The molecule has 96 valence electrons. The highest BCUT2D eigenvalue weighted by molar-refractivity contribution is 6.04. The van der Waals surface area contributed by atoms with Gasteiger partial charge in [0.1, 0.15) is 19.2 Å². The molecule has 1 aliphatic heterocycles. The summed E-state index contributed by atoms with van der Waals surface area (Å²) in [6.45, 7) is 4.09. The van der Waals surface area contributed by atoms with Crippen LogP contribution in [0.15, 0.2) is 0 Å². The predicted octanol–water partition coefficient (Wildman–Crippen LogP) is -0.323. The van der Waals surface area contributed by atoms with E-state index in [9.17, 15) is 14.4 Å². The van der Waals surface area contributed by atoms with Crippen LogP contribution in [0.4, 0.5) is 0 Å². The highest BCUT2D eigenvalue weighted by atomic mass is 16.5. The number of imide groups is 1. The van der Waals surface area contributed by atoms with E-state index >= 15 is 0 Å². The zero-order valence-corrected chi connectivity index (χ0v) is 10.2. The maximum atomic E-state index is 11.8. The topological polar surface area (TPSA) is 75.7 Å². The van der Waals surface area contributed by atoms with Crippen molar-refractivity contribution < 1.29 is 19.1 Å². The molecule has 1 heterocycles. The minimum atomic E-state index is -0.564. The molecule has 1 atom stereocenters. The van der Waals surface area contributed by atoms with Crippen molar-refractivity contribution in [2.45, 2.75) is 32.7 Å². The van der Waals surface area contributed by atoms with Crippen LogP contribution < -0.4 is 5.32 Å². The van der Waals surface area contributed by atoms with Gasteiger partial charge >= 0.3 is 0 Å². The van der Waals surface area contributed by atoms with Gasteiger partial charge < -0.3 is 9.64 Å². The lowest BCUT2D eigenvalue weighted by atomic mass is 10.1. The molecule has 1 unspecified atom stereocenters. The monoisotopic (exact) mass is 242 g/mol. The lowest BCUT2D eigenvalue weighted by Gasteiger charge is -2.33. The lowest BCUT2D eigenvalue weighted by Crippen LogP contribution is -2.60. The van der Waals surface area contributed by atoms with Crippen molar-refractivity contribution in [2.24, 2.45) is 0 Å². The quantitative estimate of drug-likeness (QED) is 0.529. The zero-order valence-electron chi connectivity index (χ0n) is 10.2. The first-order valence-corrected chi connectivity index (χ1v) is 5.81. The standard InChI is InChI=1S/C11H18N2O4/c1-3-5-17-7-10(15)13-6-9(14)12-11(16)8(13)4-2/h8H,3-7H2,1-2H3,(H,12,14,16). The Morgan fingerprint density at radius 1 is 1.47 bits per heavy atom. The fourth-order valence-electron chi connectivity index (χ4n) is 1.72. The summed E-state index contributed by atoms with van der Waals surface area (Å²) >= 11 is 0. The summed E-state index contributed by atoms with van der Waals surface area (Å²) in [5.41, 5.74) is 0. The van der Waals surface area contributed by atoms with Crippen LogP contribution in [0.1, 0.15) is 26.7 Å². The third kappa shape index (κ3) is 3.52. The van der Waals surface area contributed by atoms with Gasteiger partial charge in [0, 0.05) is 6.61 Å². The van der Waals surface area contributed by atoms with Gasteiger partial charge in [-0.15, -0.1) is 0 Å². The van der Waals surface area contributed by atoms with Crippen molar-refractivity contribution in [3.8, 4) is 0 Å². The third-order valence-corrected chi connectivity index (χ3v) is 2.54. The Balaban J connectivity index is 2.61. The van der Waals surface area contributed by atoms with Crippen molar-refractivity contribution in [2.75, 3.05) is 19.8 Å². The molecule has 17 heavy (non-hydrogen) atoms. The Hall–Kier alpha value is -1.43. The van der Waals surface area contributed by atoms with Crippen LogP contribution in [0.5, 0.6) is 0 Å². The molecule has 1 fully saturated rings. The van der Waals surface area contributed by atoms with Crippen molar-refractivity contribution in [3.05, 3.63) is 0 Å². The second kappa shape index (κ2) is 6.34. The maximum absolute atomic E-state index is 11.8. The first-order valence-electron chi connectivity index (χ1n) is 5.81. The van der Waals surface area contributed by atoms with E-state index < -0.39 is 17.9 Å². The third-order valence-electron chi connectivity index (χ3n) is 2.54. The molecule has 0 aromatic rings. The van der Waals surface area contributed by atoms with Crippen LogP contribution in [0, 0.1) is 0 Å². The molecule has 0 spiro atoms. The second-order valence-electron chi connectivity index (χ2n) is 3.91. The molecule has 0 aromatic heterocycles. The molecule has 6 nitrogen and oxygen atoms in total. The molecule has 0 bridgehead atoms. The number of carbonyl (C=O) groups is 3. The molecule has 0 radical (unpaired) electrons. The molecule has 0 aromatic carbocycles. The number of carbonyl (C=O) groups excluding carboxylic acids is 3. The van der Waals surface area contributed by atoms with E-state index in [-0.39, 0.29) is 19.1 Å². The molecule has 6 heteroatoms. The number of hydrogen-bond acceptors (Lipinski definition) is 4. The summed E-state index contributed by atoms with van der Waals surface area (Å²) in [5, 5.41) is 2.22. The summed E-state index contributed by atoms with van der Waals surface area (Å²) in [5.74, 6) is -1.16. The van der Waals surface area contributed by atoms with Crippen molar-refractivity contribution >= 4 is 17.7 Å². The molecule has 1 N–H and O–H groups in total. The smallest absolute Gasteiger partial charge is 0.249 e. The van der Waals surface area contributed by atoms with Gasteiger partial charge in [-0.25, -0.2) is 0 Å². The van der Waals surface area contributed by atoms with E-state index in [0.717, 1.165) is 6.42 Å². The largest absolute Gasteiger partial charge is 0.372 e. The van der Waals surface area contributed by atoms with Gasteiger partial charge in [0.25, 0.3) is 0 Å². The van der Waals surface area contributed by atoms with Gasteiger partial charge in [-0.2, -0.15) is 0 Å². The predicted molar refractivity (Wildman–Crippen MR) is 60.1 cm³/mol. The molecule has 3 amide bonds. The Morgan fingerprint density at radius 2 is 2.18 bits per heavy atom. The minimum absolute atomic E-state index is 0.0709. The van der Waals surface area contributed by atoms with Crippen LogP contribution in [0.25, 0.3) is 0 Å². The number of piperazine rings is 1. The average Bonchev–Trinajstić information content (AvgIpc) is 2.28. The van der Waals surface area contributed by atoms with Crippen LogP contribution in [0.2, 0.25) is 0 Å². The molecular formula is C11H18N2O4. The SMILES string of the molecule is CCCOCC(=O)N1CC(=O)NC(=O)C1CC. The van der Waals surface area contributed by atoms with Crippen LogP contribution in [-0.4, -0.2) is 48.4 Å². The summed E-state index contributed by atoms with van der Waals surface area (Å²) in [6.07, 6.45) is 1.31. The van der Waals surface area contributed by atoms with Gasteiger partial charge in [-0.05, 0) is 12.8 Å². The van der Waals surface area contributed by atoms with E-state index in [4.69, 9.17) is 4.74 Å². The number of ether oxygens (including phenoxy) is 1. The van der Waals surface area contributed by atoms with Gasteiger partial charge in [-0.1, -0.05) is 13.8 Å². The maximum Gasteiger partial charge on any atom is 0.249 e. The first kappa shape index (κ1) is 13.6. The molecule has 1 rings (SSSR count). The number of nitrogens with one attached hydrogen (secondary N) is 1. The summed E-state index contributed by atoms with van der Waals surface area (Å²) in [6, 6.07) is -0.564. The fourth-order valence-corrected chi connectivity index (χ4v) is 1.72. The number of amides is 3.